The van der Waals surface area contributed by atoms with E-state index < -0.39 is 24.0 Å². The van der Waals surface area contributed by atoms with Crippen LogP contribution >= 0.6 is 0 Å². The normalized spacial score (nSPS) is 16.4. The monoisotopic (exact) mass is 318 g/mol. The number of hydrogen-bond donors (Lipinski definition) is 1. The lowest BCUT2D eigenvalue weighted by Gasteiger charge is -2.31. The number of aryl methyl sites for hydroxylation is 2. The van der Waals surface area contributed by atoms with Crippen LogP contribution in [0, 0.1) is 32.1 Å². The fraction of sp³-hybridized carbons (Fsp3) is 0.588. The number of esters is 1. The predicted octanol–water partition coefficient (Wildman–Crippen LogP) is 2.70. The molecule has 2 rings (SSSR count). The second kappa shape index (κ2) is 6.86. The van der Waals surface area contributed by atoms with Crippen LogP contribution in [0.5, 0.6) is 0 Å². The van der Waals surface area contributed by atoms with Crippen molar-refractivity contribution >= 4 is 11.9 Å². The van der Waals surface area contributed by atoms with Crippen molar-refractivity contribution in [2.24, 2.45) is 0 Å². The molecule has 1 aromatic rings. The number of ether oxygens (including phenoxy) is 1. The molecule has 6 heteroatoms. The lowest BCUT2D eigenvalue weighted by molar-refractivity contribution is -0.125. The highest BCUT2D eigenvalue weighted by molar-refractivity contribution is 5.94. The van der Waals surface area contributed by atoms with Crippen molar-refractivity contribution in [2.45, 2.75) is 58.4 Å². The quantitative estimate of drug-likeness (QED) is 0.862. The highest BCUT2D eigenvalue weighted by Gasteiger charge is 2.33. The maximum atomic E-state index is 12.1. The summed E-state index contributed by atoms with van der Waals surface area (Å²) in [6.07, 6.45) is 4.19. The van der Waals surface area contributed by atoms with Crippen LogP contribution in [0.2, 0.25) is 0 Å². The van der Waals surface area contributed by atoms with Crippen LogP contribution in [-0.2, 0) is 9.53 Å². The Bertz CT molecular complexity index is 648. The number of amides is 1. The summed E-state index contributed by atoms with van der Waals surface area (Å²) in [6.45, 7) is 4.83. The Morgan fingerprint density at radius 3 is 2.39 bits per heavy atom. The van der Waals surface area contributed by atoms with Gasteiger partial charge in [-0.15, -0.1) is 0 Å². The molecular formula is C17H22N2O4. The zero-order valence-corrected chi connectivity index (χ0v) is 13.8. The summed E-state index contributed by atoms with van der Waals surface area (Å²) in [5.41, 5.74) is 0.261. The molecule has 0 radical (unpaired) electrons. The molecule has 0 atom stereocenters. The van der Waals surface area contributed by atoms with E-state index in [0.29, 0.717) is 35.5 Å². The molecular weight excluding hydrogens is 296 g/mol. The third-order valence-corrected chi connectivity index (χ3v) is 4.40. The van der Waals surface area contributed by atoms with E-state index in [0.717, 1.165) is 19.3 Å². The minimum atomic E-state index is -0.820. The van der Waals surface area contributed by atoms with Crippen LogP contribution in [0.25, 0.3) is 0 Å². The van der Waals surface area contributed by atoms with E-state index >= 15 is 0 Å². The van der Waals surface area contributed by atoms with E-state index in [9.17, 15) is 14.9 Å². The smallest absolute Gasteiger partial charge is 0.342 e. The highest BCUT2D eigenvalue weighted by Crippen LogP contribution is 2.27. The van der Waals surface area contributed by atoms with E-state index in [-0.39, 0.29) is 0 Å². The van der Waals surface area contributed by atoms with Gasteiger partial charge >= 0.3 is 5.97 Å². The van der Waals surface area contributed by atoms with E-state index in [1.165, 1.54) is 0 Å². The number of carbonyl (C=O) groups is 2. The average molecular weight is 318 g/mol. The van der Waals surface area contributed by atoms with Gasteiger partial charge in [-0.25, -0.2) is 4.79 Å². The number of rotatable bonds is 4. The number of nitrogens with zero attached hydrogens (tertiary/aromatic N) is 1. The lowest BCUT2D eigenvalue weighted by atomic mass is 9.83. The third-order valence-electron chi connectivity index (χ3n) is 4.40. The Hall–Kier alpha value is -2.29. The van der Waals surface area contributed by atoms with Crippen molar-refractivity contribution in [1.29, 1.82) is 5.26 Å². The first-order chi connectivity index (χ1) is 10.9. The number of furan rings is 1. The fourth-order valence-corrected chi connectivity index (χ4v) is 3.02. The minimum absolute atomic E-state index is 0.364. The SMILES string of the molecule is Cc1oc(C)c(C(=O)OCC(=O)NC2(C#N)CCCCC2)c1C. The molecule has 1 N–H and O–H groups in total. The third kappa shape index (κ3) is 3.73. The van der Waals surface area contributed by atoms with Gasteiger partial charge in [-0.05, 0) is 33.6 Å². The molecule has 23 heavy (non-hydrogen) atoms. The Balaban J connectivity index is 1.94. The average Bonchev–Trinajstić information content (AvgIpc) is 2.78. The van der Waals surface area contributed by atoms with Crippen molar-refractivity contribution in [2.75, 3.05) is 6.61 Å². The first-order valence-corrected chi connectivity index (χ1v) is 7.84. The van der Waals surface area contributed by atoms with Gasteiger partial charge in [-0.3, -0.25) is 4.79 Å². The van der Waals surface area contributed by atoms with Crippen molar-refractivity contribution in [1.82, 2.24) is 5.32 Å². The Morgan fingerprint density at radius 2 is 1.87 bits per heavy atom. The molecule has 1 heterocycles. The van der Waals surface area contributed by atoms with Crippen molar-refractivity contribution < 1.29 is 18.7 Å². The molecule has 0 aromatic carbocycles. The van der Waals surface area contributed by atoms with Gasteiger partial charge < -0.3 is 14.5 Å². The van der Waals surface area contributed by atoms with Gasteiger partial charge in [-0.2, -0.15) is 5.26 Å². The number of nitriles is 1. The van der Waals surface area contributed by atoms with Crippen LogP contribution in [0.1, 0.15) is 59.5 Å². The van der Waals surface area contributed by atoms with Crippen LogP contribution in [0.15, 0.2) is 4.42 Å². The van der Waals surface area contributed by atoms with Crippen LogP contribution in [0.4, 0.5) is 0 Å². The molecule has 0 unspecified atom stereocenters. The molecule has 0 bridgehead atoms. The molecule has 0 aliphatic heterocycles. The first kappa shape index (κ1) is 17.1. The van der Waals surface area contributed by atoms with Gasteiger partial charge in [0.05, 0.1) is 6.07 Å². The van der Waals surface area contributed by atoms with Gasteiger partial charge in [-0.1, -0.05) is 19.3 Å². The Labute approximate surface area is 135 Å². The number of nitrogens with one attached hydrogen (secondary N) is 1. The molecule has 1 amide bonds. The molecule has 1 fully saturated rings. The zero-order valence-electron chi connectivity index (χ0n) is 13.8. The summed E-state index contributed by atoms with van der Waals surface area (Å²) in [7, 11) is 0. The lowest BCUT2D eigenvalue weighted by Crippen LogP contribution is -2.50. The van der Waals surface area contributed by atoms with Gasteiger partial charge in [0.25, 0.3) is 5.91 Å². The van der Waals surface area contributed by atoms with Crippen LogP contribution < -0.4 is 5.32 Å². The Morgan fingerprint density at radius 1 is 1.22 bits per heavy atom. The Kier molecular flexibility index (Phi) is 5.09. The summed E-state index contributed by atoms with van der Waals surface area (Å²) in [4.78, 5) is 24.1. The largest absolute Gasteiger partial charge is 0.465 e. The first-order valence-electron chi connectivity index (χ1n) is 7.84. The molecule has 124 valence electrons. The number of carbonyl (C=O) groups excluding carboxylic acids is 2. The second-order valence-electron chi connectivity index (χ2n) is 6.09. The maximum Gasteiger partial charge on any atom is 0.342 e. The number of hydrogen-bond acceptors (Lipinski definition) is 5. The maximum absolute atomic E-state index is 12.1. The molecule has 1 aromatic heterocycles. The van der Waals surface area contributed by atoms with Gasteiger partial charge in [0, 0.05) is 5.56 Å². The topological polar surface area (TPSA) is 92.3 Å². The summed E-state index contributed by atoms with van der Waals surface area (Å²) < 4.78 is 10.5. The molecule has 6 nitrogen and oxygen atoms in total. The second-order valence-corrected chi connectivity index (χ2v) is 6.09. The van der Waals surface area contributed by atoms with Crippen molar-refractivity contribution in [3.8, 4) is 6.07 Å². The predicted molar refractivity (Wildman–Crippen MR) is 82.8 cm³/mol. The van der Waals surface area contributed by atoms with Crippen molar-refractivity contribution in [3.63, 3.8) is 0 Å². The highest BCUT2D eigenvalue weighted by atomic mass is 16.5. The van der Waals surface area contributed by atoms with Crippen molar-refractivity contribution in [3.05, 3.63) is 22.6 Å². The van der Waals surface area contributed by atoms with Gasteiger partial charge in [0.1, 0.15) is 22.6 Å². The zero-order chi connectivity index (χ0) is 17.0. The fourth-order valence-electron chi connectivity index (χ4n) is 3.02. The molecule has 1 aliphatic carbocycles. The molecule has 1 saturated carbocycles. The van der Waals surface area contributed by atoms with Crippen LogP contribution in [-0.4, -0.2) is 24.0 Å². The summed E-state index contributed by atoms with van der Waals surface area (Å²) in [5, 5.41) is 12.1. The molecule has 0 spiro atoms. The van der Waals surface area contributed by atoms with Gasteiger partial charge in [0.2, 0.25) is 0 Å². The van der Waals surface area contributed by atoms with E-state index in [1.807, 2.05) is 0 Å². The summed E-state index contributed by atoms with van der Waals surface area (Å²) in [6, 6.07) is 2.20. The molecule has 1 aliphatic rings. The van der Waals surface area contributed by atoms with E-state index in [4.69, 9.17) is 9.15 Å². The van der Waals surface area contributed by atoms with Crippen LogP contribution in [0.3, 0.4) is 0 Å². The minimum Gasteiger partial charge on any atom is -0.465 e. The van der Waals surface area contributed by atoms with E-state index in [2.05, 4.69) is 11.4 Å². The van der Waals surface area contributed by atoms with E-state index in [1.54, 1.807) is 20.8 Å². The summed E-state index contributed by atoms with van der Waals surface area (Å²) >= 11 is 0. The standard InChI is InChI=1S/C17H22N2O4/c1-11-12(2)23-13(3)15(11)16(21)22-9-14(20)19-17(10-18)7-5-4-6-8-17/h4-9H2,1-3H3,(H,19,20). The summed E-state index contributed by atoms with van der Waals surface area (Å²) in [5.74, 6) is 0.106. The molecule has 0 saturated heterocycles. The van der Waals surface area contributed by atoms with Gasteiger partial charge in [0.15, 0.2) is 6.61 Å².